The summed E-state index contributed by atoms with van der Waals surface area (Å²) in [5.41, 5.74) is 1.83. The molecule has 0 radical (unpaired) electrons. The summed E-state index contributed by atoms with van der Waals surface area (Å²) in [6, 6.07) is 7.68. The lowest BCUT2D eigenvalue weighted by molar-refractivity contribution is -0.138. The highest BCUT2D eigenvalue weighted by atomic mass is 16.2. The summed E-state index contributed by atoms with van der Waals surface area (Å²) in [5, 5.41) is 2.94. The average molecular weight is 315 g/mol. The molecule has 1 aromatic rings. The van der Waals surface area contributed by atoms with E-state index in [1.165, 1.54) is 0 Å². The first-order chi connectivity index (χ1) is 10.9. The summed E-state index contributed by atoms with van der Waals surface area (Å²) in [6.45, 7) is 0. The van der Waals surface area contributed by atoms with Gasteiger partial charge in [0.1, 0.15) is 0 Å². The van der Waals surface area contributed by atoms with Crippen LogP contribution in [0.5, 0.6) is 0 Å². The minimum atomic E-state index is -0.316. The van der Waals surface area contributed by atoms with E-state index in [-0.39, 0.29) is 23.7 Å². The van der Waals surface area contributed by atoms with Crippen LogP contribution in [-0.4, -0.2) is 44.9 Å². The Morgan fingerprint density at radius 3 is 2.04 bits per heavy atom. The van der Waals surface area contributed by atoms with Gasteiger partial charge in [-0.3, -0.25) is 9.59 Å². The number of carbonyl (C=O) groups is 2. The zero-order valence-electron chi connectivity index (χ0n) is 14.2. The third-order valence-electron chi connectivity index (χ3n) is 4.18. The Balaban J connectivity index is 2.08. The third-order valence-corrected chi connectivity index (χ3v) is 4.18. The molecule has 1 aromatic carbocycles. The molecule has 2 unspecified atom stereocenters. The highest BCUT2D eigenvalue weighted by Gasteiger charge is 2.34. The van der Waals surface area contributed by atoms with E-state index >= 15 is 0 Å². The molecular formula is C18H25N3O2. The van der Waals surface area contributed by atoms with Crippen molar-refractivity contribution in [2.75, 3.05) is 38.4 Å². The molecule has 0 aromatic heterocycles. The van der Waals surface area contributed by atoms with Crippen molar-refractivity contribution in [3.05, 3.63) is 36.4 Å². The molecule has 0 spiro atoms. The molecule has 0 heterocycles. The lowest BCUT2D eigenvalue weighted by atomic mass is 9.81. The number of allylic oxidation sites excluding steroid dienone is 2. The Hall–Kier alpha value is -2.30. The van der Waals surface area contributed by atoms with Crippen LogP contribution >= 0.6 is 0 Å². The predicted octanol–water partition coefficient (Wildman–Crippen LogP) is 2.36. The largest absolute Gasteiger partial charge is 0.378 e. The Bertz CT molecular complexity index is 591. The molecule has 0 saturated carbocycles. The van der Waals surface area contributed by atoms with Gasteiger partial charge in [0.25, 0.3) is 0 Å². The maximum atomic E-state index is 12.6. The van der Waals surface area contributed by atoms with E-state index in [4.69, 9.17) is 0 Å². The molecule has 0 aliphatic heterocycles. The molecule has 5 nitrogen and oxygen atoms in total. The first-order valence-corrected chi connectivity index (χ1v) is 7.84. The van der Waals surface area contributed by atoms with E-state index in [1.54, 1.807) is 19.0 Å². The second-order valence-corrected chi connectivity index (χ2v) is 6.32. The smallest absolute Gasteiger partial charge is 0.228 e. The topological polar surface area (TPSA) is 52.7 Å². The number of carbonyl (C=O) groups excluding carboxylic acids is 2. The summed E-state index contributed by atoms with van der Waals surface area (Å²) < 4.78 is 0. The number of anilines is 2. The lowest BCUT2D eigenvalue weighted by Crippen LogP contribution is -2.40. The van der Waals surface area contributed by atoms with E-state index in [0.717, 1.165) is 11.4 Å². The van der Waals surface area contributed by atoms with Crippen molar-refractivity contribution in [1.82, 2.24) is 4.90 Å². The normalized spacial score (nSPS) is 20.0. The summed E-state index contributed by atoms with van der Waals surface area (Å²) in [7, 11) is 7.41. The second kappa shape index (κ2) is 7.31. The summed E-state index contributed by atoms with van der Waals surface area (Å²) >= 11 is 0. The van der Waals surface area contributed by atoms with E-state index < -0.39 is 0 Å². The lowest BCUT2D eigenvalue weighted by Gasteiger charge is -2.28. The predicted molar refractivity (Wildman–Crippen MR) is 93.4 cm³/mol. The maximum Gasteiger partial charge on any atom is 0.228 e. The highest BCUT2D eigenvalue weighted by molar-refractivity contribution is 5.96. The Morgan fingerprint density at radius 2 is 1.52 bits per heavy atom. The highest BCUT2D eigenvalue weighted by Crippen LogP contribution is 2.28. The molecule has 2 rings (SSSR count). The van der Waals surface area contributed by atoms with Gasteiger partial charge < -0.3 is 15.1 Å². The number of hydrogen-bond donors (Lipinski definition) is 1. The van der Waals surface area contributed by atoms with Gasteiger partial charge in [0.15, 0.2) is 0 Å². The fourth-order valence-corrected chi connectivity index (χ4v) is 2.79. The zero-order valence-corrected chi connectivity index (χ0v) is 14.2. The first-order valence-electron chi connectivity index (χ1n) is 7.84. The van der Waals surface area contributed by atoms with Crippen LogP contribution in [0.4, 0.5) is 11.4 Å². The minimum absolute atomic E-state index is 0.0115. The van der Waals surface area contributed by atoms with E-state index in [9.17, 15) is 9.59 Å². The standard InChI is InChI=1S/C18H25N3O2/c1-20(2)14-11-9-13(10-12-14)19-17(22)15-7-5-6-8-16(15)18(23)21(3)4/h5-6,9-12,15-16H,7-8H2,1-4H3,(H,19,22). The van der Waals surface area contributed by atoms with Crippen LogP contribution in [0.3, 0.4) is 0 Å². The molecule has 23 heavy (non-hydrogen) atoms. The SMILES string of the molecule is CN(C)C(=O)C1CC=CCC1C(=O)Nc1ccc(N(C)C)cc1. The molecule has 1 N–H and O–H groups in total. The number of rotatable bonds is 4. The van der Waals surface area contributed by atoms with Crippen LogP contribution in [0.2, 0.25) is 0 Å². The van der Waals surface area contributed by atoms with Crippen LogP contribution in [-0.2, 0) is 9.59 Å². The van der Waals surface area contributed by atoms with Gasteiger partial charge in [0.2, 0.25) is 11.8 Å². The molecule has 5 heteroatoms. The Kier molecular flexibility index (Phi) is 5.42. The van der Waals surface area contributed by atoms with Crippen LogP contribution in [0.1, 0.15) is 12.8 Å². The van der Waals surface area contributed by atoms with Crippen LogP contribution in [0.15, 0.2) is 36.4 Å². The maximum absolute atomic E-state index is 12.6. The molecule has 1 aliphatic rings. The van der Waals surface area contributed by atoms with Gasteiger partial charge in [-0.15, -0.1) is 0 Å². The average Bonchev–Trinajstić information content (AvgIpc) is 2.54. The van der Waals surface area contributed by atoms with Gasteiger partial charge in [-0.1, -0.05) is 12.2 Å². The van der Waals surface area contributed by atoms with Gasteiger partial charge in [-0.05, 0) is 37.1 Å². The van der Waals surface area contributed by atoms with Crippen LogP contribution in [0.25, 0.3) is 0 Å². The minimum Gasteiger partial charge on any atom is -0.378 e. The number of nitrogens with one attached hydrogen (secondary N) is 1. The molecule has 124 valence electrons. The van der Waals surface area contributed by atoms with Crippen molar-refractivity contribution in [3.63, 3.8) is 0 Å². The monoisotopic (exact) mass is 315 g/mol. The van der Waals surface area contributed by atoms with E-state index in [0.29, 0.717) is 12.8 Å². The van der Waals surface area contributed by atoms with Crippen LogP contribution in [0, 0.1) is 11.8 Å². The molecule has 2 atom stereocenters. The van der Waals surface area contributed by atoms with Gasteiger partial charge in [-0.25, -0.2) is 0 Å². The van der Waals surface area contributed by atoms with Crippen LogP contribution < -0.4 is 10.2 Å². The van der Waals surface area contributed by atoms with Gasteiger partial charge >= 0.3 is 0 Å². The Labute approximate surface area is 138 Å². The number of amides is 2. The van der Waals surface area contributed by atoms with Crippen molar-refractivity contribution < 1.29 is 9.59 Å². The summed E-state index contributed by atoms with van der Waals surface area (Å²) in [5.74, 6) is -0.677. The zero-order chi connectivity index (χ0) is 17.0. The molecular weight excluding hydrogens is 290 g/mol. The third kappa shape index (κ3) is 4.12. The number of benzene rings is 1. The molecule has 2 amide bonds. The van der Waals surface area contributed by atoms with Crippen molar-refractivity contribution in [1.29, 1.82) is 0 Å². The Morgan fingerprint density at radius 1 is 0.957 bits per heavy atom. The van der Waals surface area contributed by atoms with Gasteiger partial charge in [0.05, 0.1) is 11.8 Å². The first kappa shape index (κ1) is 17.1. The summed E-state index contributed by atoms with van der Waals surface area (Å²) in [6.07, 6.45) is 5.20. The number of hydrogen-bond acceptors (Lipinski definition) is 3. The molecule has 0 bridgehead atoms. The van der Waals surface area contributed by atoms with Gasteiger partial charge in [0, 0.05) is 39.6 Å². The second-order valence-electron chi connectivity index (χ2n) is 6.32. The fourth-order valence-electron chi connectivity index (χ4n) is 2.79. The van der Waals surface area contributed by atoms with E-state index in [1.807, 2.05) is 55.4 Å². The van der Waals surface area contributed by atoms with Crippen molar-refractivity contribution in [2.24, 2.45) is 11.8 Å². The number of nitrogens with zero attached hydrogens (tertiary/aromatic N) is 2. The molecule has 1 aliphatic carbocycles. The summed E-state index contributed by atoms with van der Waals surface area (Å²) in [4.78, 5) is 28.5. The molecule has 0 saturated heterocycles. The van der Waals surface area contributed by atoms with Crippen molar-refractivity contribution in [3.8, 4) is 0 Å². The van der Waals surface area contributed by atoms with Gasteiger partial charge in [-0.2, -0.15) is 0 Å². The van der Waals surface area contributed by atoms with E-state index in [2.05, 4.69) is 5.32 Å². The fraction of sp³-hybridized carbons (Fsp3) is 0.444. The molecule has 0 fully saturated rings. The van der Waals surface area contributed by atoms with Crippen molar-refractivity contribution >= 4 is 23.2 Å². The van der Waals surface area contributed by atoms with Crippen molar-refractivity contribution in [2.45, 2.75) is 12.8 Å². The quantitative estimate of drug-likeness (QED) is 0.868.